The molecule has 0 aromatic carbocycles. The summed E-state index contributed by atoms with van der Waals surface area (Å²) in [4.78, 5) is 22.0. The van der Waals surface area contributed by atoms with Gasteiger partial charge in [-0.15, -0.1) is 0 Å². The average Bonchev–Trinajstić information content (AvgIpc) is 2.10. The fourth-order valence-corrected chi connectivity index (χ4v) is 1.86. The minimum Gasteiger partial charge on any atom is -0.329 e. The Balaban J connectivity index is 2.93. The summed E-state index contributed by atoms with van der Waals surface area (Å²) < 4.78 is 37.4. The van der Waals surface area contributed by atoms with Crippen LogP contribution in [-0.4, -0.2) is 17.9 Å². The summed E-state index contributed by atoms with van der Waals surface area (Å²) in [5.74, 6) is -2.86. The number of alkyl halides is 3. The maximum Gasteiger partial charge on any atom is 0.392 e. The fraction of sp³-hybridized carbons (Fsp3) is 0.556. The van der Waals surface area contributed by atoms with Crippen molar-refractivity contribution >= 4 is 27.6 Å². The van der Waals surface area contributed by atoms with Crippen molar-refractivity contribution in [3.05, 3.63) is 10.2 Å². The summed E-state index contributed by atoms with van der Waals surface area (Å²) in [7, 11) is 0. The normalized spacial score (nSPS) is 22.3. The molecule has 1 aliphatic carbocycles. The molecule has 1 aliphatic rings. The molecule has 0 saturated heterocycles. The van der Waals surface area contributed by atoms with Crippen molar-refractivity contribution in [2.24, 2.45) is 5.92 Å². The monoisotopic (exact) mass is 299 g/mol. The van der Waals surface area contributed by atoms with E-state index in [0.717, 1.165) is 0 Å². The highest BCUT2D eigenvalue weighted by Crippen LogP contribution is 2.39. The van der Waals surface area contributed by atoms with Crippen molar-refractivity contribution in [1.29, 1.82) is 0 Å². The first kappa shape index (κ1) is 13.2. The van der Waals surface area contributed by atoms with Crippen molar-refractivity contribution < 1.29 is 22.8 Å². The maximum absolute atomic E-state index is 12.4. The van der Waals surface area contributed by atoms with Crippen LogP contribution in [0.5, 0.6) is 0 Å². The largest absolute Gasteiger partial charge is 0.392 e. The molecular weight excluding hydrogens is 291 g/mol. The van der Waals surface area contributed by atoms with Crippen LogP contribution in [0.4, 0.5) is 13.2 Å². The molecule has 3 nitrogen and oxygen atoms in total. The Hall–Kier alpha value is -0.850. The van der Waals surface area contributed by atoms with Crippen molar-refractivity contribution in [3.8, 4) is 0 Å². The standard InChI is InChI=1S/C9H9BrF3NO2/c1-4(15)14-6-2-5(9(11,12)13)3-7(16)8(6)10/h5H,2-3H2,1H3,(H,14,15). The number of hydrogen-bond acceptors (Lipinski definition) is 2. The molecule has 1 amide bonds. The summed E-state index contributed by atoms with van der Waals surface area (Å²) >= 11 is 2.89. The summed E-state index contributed by atoms with van der Waals surface area (Å²) in [6.45, 7) is 1.18. The molecule has 0 saturated carbocycles. The zero-order valence-electron chi connectivity index (χ0n) is 8.32. The summed E-state index contributed by atoms with van der Waals surface area (Å²) in [6.07, 6.45) is -5.38. The number of rotatable bonds is 1. The zero-order chi connectivity index (χ0) is 12.5. The first-order valence-electron chi connectivity index (χ1n) is 4.48. The number of carbonyl (C=O) groups excluding carboxylic acids is 2. The third kappa shape index (κ3) is 3.07. The van der Waals surface area contributed by atoms with Crippen molar-refractivity contribution in [2.45, 2.75) is 25.9 Å². The zero-order valence-corrected chi connectivity index (χ0v) is 9.91. The molecule has 0 heterocycles. The Morgan fingerprint density at radius 2 is 2.00 bits per heavy atom. The quantitative estimate of drug-likeness (QED) is 0.807. The molecule has 0 bridgehead atoms. The number of amides is 1. The van der Waals surface area contributed by atoms with Crippen LogP contribution in [-0.2, 0) is 9.59 Å². The Labute approximate surface area is 98.2 Å². The van der Waals surface area contributed by atoms with Crippen molar-refractivity contribution in [3.63, 3.8) is 0 Å². The van der Waals surface area contributed by atoms with Crippen molar-refractivity contribution in [1.82, 2.24) is 5.32 Å². The predicted molar refractivity (Wildman–Crippen MR) is 53.6 cm³/mol. The lowest BCUT2D eigenvalue weighted by Gasteiger charge is -2.26. The number of hydrogen-bond donors (Lipinski definition) is 1. The SMILES string of the molecule is CC(=O)NC1=C(Br)C(=O)CC(C(F)(F)F)C1. The summed E-state index contributed by atoms with van der Waals surface area (Å²) in [5.41, 5.74) is 0.00563. The van der Waals surface area contributed by atoms with Gasteiger partial charge in [0.2, 0.25) is 5.91 Å². The minimum absolute atomic E-state index is 0.00563. The third-order valence-corrected chi connectivity index (χ3v) is 3.10. The van der Waals surface area contributed by atoms with Gasteiger partial charge in [0.25, 0.3) is 0 Å². The van der Waals surface area contributed by atoms with Crippen LogP contribution >= 0.6 is 15.9 Å². The number of halogens is 4. The van der Waals surface area contributed by atoms with Crippen LogP contribution in [0.15, 0.2) is 10.2 Å². The van der Waals surface area contributed by atoms with E-state index in [9.17, 15) is 22.8 Å². The van der Waals surface area contributed by atoms with Gasteiger partial charge >= 0.3 is 6.18 Å². The van der Waals surface area contributed by atoms with Gasteiger partial charge in [-0.1, -0.05) is 0 Å². The second-order valence-electron chi connectivity index (χ2n) is 3.54. The van der Waals surface area contributed by atoms with E-state index >= 15 is 0 Å². The van der Waals surface area contributed by atoms with Crippen molar-refractivity contribution in [2.75, 3.05) is 0 Å². The first-order valence-corrected chi connectivity index (χ1v) is 5.27. The molecule has 90 valence electrons. The third-order valence-electron chi connectivity index (χ3n) is 2.18. The van der Waals surface area contributed by atoms with Gasteiger partial charge in [-0.2, -0.15) is 13.2 Å². The molecule has 1 rings (SSSR count). The highest BCUT2D eigenvalue weighted by atomic mass is 79.9. The van der Waals surface area contributed by atoms with E-state index in [1.165, 1.54) is 6.92 Å². The van der Waals surface area contributed by atoms with Crippen LogP contribution in [0.3, 0.4) is 0 Å². The number of carbonyl (C=O) groups is 2. The van der Waals surface area contributed by atoms with Crippen LogP contribution in [0.25, 0.3) is 0 Å². The molecule has 0 aromatic rings. The van der Waals surface area contributed by atoms with E-state index in [-0.39, 0.29) is 16.6 Å². The lowest BCUT2D eigenvalue weighted by Crippen LogP contribution is -2.34. The molecule has 0 aliphatic heterocycles. The Morgan fingerprint density at radius 1 is 1.44 bits per heavy atom. The van der Waals surface area contributed by atoms with Crippen LogP contribution in [0.2, 0.25) is 0 Å². The molecule has 16 heavy (non-hydrogen) atoms. The average molecular weight is 300 g/mol. The van der Waals surface area contributed by atoms with E-state index in [2.05, 4.69) is 21.2 Å². The van der Waals surface area contributed by atoms with Crippen LogP contribution in [0, 0.1) is 5.92 Å². The van der Waals surface area contributed by atoms with E-state index in [1.54, 1.807) is 0 Å². The van der Waals surface area contributed by atoms with Gasteiger partial charge in [0, 0.05) is 25.5 Å². The molecule has 0 aromatic heterocycles. The van der Waals surface area contributed by atoms with Gasteiger partial charge in [-0.05, 0) is 15.9 Å². The number of nitrogens with one attached hydrogen (secondary N) is 1. The Kier molecular flexibility index (Phi) is 3.77. The molecule has 7 heteroatoms. The number of allylic oxidation sites excluding steroid dienone is 2. The molecule has 1 atom stereocenters. The van der Waals surface area contributed by atoms with Gasteiger partial charge in [-0.25, -0.2) is 0 Å². The maximum atomic E-state index is 12.4. The van der Waals surface area contributed by atoms with E-state index < -0.39 is 30.2 Å². The molecule has 1 unspecified atom stereocenters. The summed E-state index contributed by atoms with van der Waals surface area (Å²) in [6, 6.07) is 0. The molecule has 0 radical (unpaired) electrons. The summed E-state index contributed by atoms with van der Waals surface area (Å²) in [5, 5.41) is 2.24. The lowest BCUT2D eigenvalue weighted by atomic mass is 9.90. The highest BCUT2D eigenvalue weighted by Gasteiger charge is 2.44. The van der Waals surface area contributed by atoms with E-state index in [4.69, 9.17) is 0 Å². The number of ketones is 1. The van der Waals surface area contributed by atoms with Gasteiger partial charge in [0.05, 0.1) is 10.4 Å². The molecule has 0 spiro atoms. The predicted octanol–water partition coefficient (Wildman–Crippen LogP) is 2.27. The second-order valence-corrected chi connectivity index (χ2v) is 4.34. The van der Waals surface area contributed by atoms with Crippen LogP contribution in [0.1, 0.15) is 19.8 Å². The van der Waals surface area contributed by atoms with Gasteiger partial charge < -0.3 is 5.32 Å². The fourth-order valence-electron chi connectivity index (χ4n) is 1.44. The molecular formula is C9H9BrF3NO2. The highest BCUT2D eigenvalue weighted by molar-refractivity contribution is 9.12. The topological polar surface area (TPSA) is 46.2 Å². The second kappa shape index (κ2) is 4.57. The number of Topliss-reactive ketones (excluding diaryl/α,β-unsaturated/α-hetero) is 1. The molecule has 0 fully saturated rings. The van der Waals surface area contributed by atoms with E-state index in [1.807, 2.05) is 0 Å². The lowest BCUT2D eigenvalue weighted by molar-refractivity contribution is -0.179. The molecule has 1 N–H and O–H groups in total. The van der Waals surface area contributed by atoms with E-state index in [0.29, 0.717) is 0 Å². The minimum atomic E-state index is -4.42. The Bertz CT molecular complexity index is 362. The Morgan fingerprint density at radius 3 is 2.44 bits per heavy atom. The smallest absolute Gasteiger partial charge is 0.329 e. The first-order chi connectivity index (χ1) is 7.21. The van der Waals surface area contributed by atoms with Gasteiger partial charge in [0.1, 0.15) is 0 Å². The van der Waals surface area contributed by atoms with Crippen LogP contribution < -0.4 is 5.32 Å². The van der Waals surface area contributed by atoms with Gasteiger partial charge in [-0.3, -0.25) is 9.59 Å². The van der Waals surface area contributed by atoms with Gasteiger partial charge in [0.15, 0.2) is 5.78 Å².